The predicted molar refractivity (Wildman–Crippen MR) is 76.9 cm³/mol. The van der Waals surface area contributed by atoms with Crippen LogP contribution in [0.1, 0.15) is 12.5 Å². The second-order valence-corrected chi connectivity index (χ2v) is 4.94. The molecule has 1 rings (SSSR count). The van der Waals surface area contributed by atoms with E-state index in [2.05, 4.69) is 4.74 Å². The van der Waals surface area contributed by atoms with Crippen LogP contribution in [0.15, 0.2) is 30.3 Å². The lowest BCUT2D eigenvalue weighted by atomic mass is 10.1. The lowest BCUT2D eigenvalue weighted by Crippen LogP contribution is -2.45. The minimum absolute atomic E-state index is 0.176. The SMILES string of the molecule is COC(=O)C(C)CN(C)C(=O)C(N)Cc1ccccc1. The van der Waals surface area contributed by atoms with Gasteiger partial charge in [0.2, 0.25) is 5.91 Å². The minimum Gasteiger partial charge on any atom is -0.469 e. The molecule has 0 spiro atoms. The Labute approximate surface area is 119 Å². The summed E-state index contributed by atoms with van der Waals surface area (Å²) in [5, 5.41) is 0. The number of hydrogen-bond acceptors (Lipinski definition) is 4. The average molecular weight is 278 g/mol. The standard InChI is InChI=1S/C15H22N2O3/c1-11(15(19)20-3)10-17(2)14(18)13(16)9-12-7-5-4-6-8-12/h4-8,11,13H,9-10,16H2,1-3H3. The Morgan fingerprint density at radius 1 is 1.30 bits per heavy atom. The second-order valence-electron chi connectivity index (χ2n) is 4.94. The number of hydrogen-bond donors (Lipinski definition) is 1. The smallest absolute Gasteiger partial charge is 0.310 e. The number of nitrogens with two attached hydrogens (primary N) is 1. The third-order valence-corrected chi connectivity index (χ3v) is 3.14. The second kappa shape index (κ2) is 7.65. The first-order valence-corrected chi connectivity index (χ1v) is 6.58. The molecule has 0 heterocycles. The third kappa shape index (κ3) is 4.66. The van der Waals surface area contributed by atoms with E-state index >= 15 is 0 Å². The van der Waals surface area contributed by atoms with E-state index in [4.69, 9.17) is 5.73 Å². The van der Waals surface area contributed by atoms with Crippen LogP contribution in [0.25, 0.3) is 0 Å². The van der Waals surface area contributed by atoms with Crippen LogP contribution in [0.2, 0.25) is 0 Å². The van der Waals surface area contributed by atoms with Crippen molar-refractivity contribution in [1.82, 2.24) is 4.90 Å². The van der Waals surface area contributed by atoms with Crippen molar-refractivity contribution >= 4 is 11.9 Å². The van der Waals surface area contributed by atoms with Gasteiger partial charge in [0.15, 0.2) is 0 Å². The van der Waals surface area contributed by atoms with Crippen molar-refractivity contribution in [2.75, 3.05) is 20.7 Å². The normalized spacial score (nSPS) is 13.4. The van der Waals surface area contributed by atoms with Gasteiger partial charge in [-0.05, 0) is 12.0 Å². The number of methoxy groups -OCH3 is 1. The number of ether oxygens (including phenoxy) is 1. The molecule has 1 amide bonds. The fourth-order valence-corrected chi connectivity index (χ4v) is 2.01. The van der Waals surface area contributed by atoms with Gasteiger partial charge in [0.05, 0.1) is 19.1 Å². The fourth-order valence-electron chi connectivity index (χ4n) is 2.01. The van der Waals surface area contributed by atoms with Crippen LogP contribution in [-0.4, -0.2) is 43.5 Å². The number of likely N-dealkylation sites (N-methyl/N-ethyl adjacent to an activating group) is 1. The van der Waals surface area contributed by atoms with Gasteiger partial charge in [-0.15, -0.1) is 0 Å². The highest BCUT2D eigenvalue weighted by Crippen LogP contribution is 2.06. The van der Waals surface area contributed by atoms with E-state index in [1.54, 1.807) is 14.0 Å². The number of carbonyl (C=O) groups is 2. The Balaban J connectivity index is 2.53. The Bertz CT molecular complexity index is 448. The monoisotopic (exact) mass is 278 g/mol. The van der Waals surface area contributed by atoms with E-state index in [1.165, 1.54) is 12.0 Å². The Kier molecular flexibility index (Phi) is 6.18. The summed E-state index contributed by atoms with van der Waals surface area (Å²) in [6.45, 7) is 2.02. The molecule has 0 saturated heterocycles. The Morgan fingerprint density at radius 3 is 2.45 bits per heavy atom. The number of rotatable bonds is 6. The van der Waals surface area contributed by atoms with Crippen molar-refractivity contribution < 1.29 is 14.3 Å². The zero-order valence-corrected chi connectivity index (χ0v) is 12.2. The van der Waals surface area contributed by atoms with Gasteiger partial charge >= 0.3 is 5.97 Å². The summed E-state index contributed by atoms with van der Waals surface area (Å²) in [5.41, 5.74) is 6.94. The van der Waals surface area contributed by atoms with Crippen LogP contribution in [-0.2, 0) is 20.7 Å². The summed E-state index contributed by atoms with van der Waals surface area (Å²) >= 11 is 0. The Hall–Kier alpha value is -1.88. The molecule has 0 bridgehead atoms. The molecule has 110 valence electrons. The molecule has 5 heteroatoms. The van der Waals surface area contributed by atoms with Crippen LogP contribution in [0, 0.1) is 5.92 Å². The van der Waals surface area contributed by atoms with Gasteiger partial charge in [0.25, 0.3) is 0 Å². The van der Waals surface area contributed by atoms with Crippen LogP contribution < -0.4 is 5.73 Å². The highest BCUT2D eigenvalue weighted by atomic mass is 16.5. The molecule has 2 N–H and O–H groups in total. The molecule has 0 aliphatic rings. The van der Waals surface area contributed by atoms with E-state index in [0.29, 0.717) is 13.0 Å². The summed E-state index contributed by atoms with van der Waals surface area (Å²) in [6, 6.07) is 9.01. The summed E-state index contributed by atoms with van der Waals surface area (Å²) in [7, 11) is 2.98. The maximum absolute atomic E-state index is 12.1. The molecule has 1 aromatic carbocycles. The van der Waals surface area contributed by atoms with Gasteiger partial charge in [0.1, 0.15) is 0 Å². The number of nitrogens with zero attached hydrogens (tertiary/aromatic N) is 1. The van der Waals surface area contributed by atoms with E-state index in [9.17, 15) is 9.59 Å². The van der Waals surface area contributed by atoms with Crippen LogP contribution in [0.4, 0.5) is 0 Å². The van der Waals surface area contributed by atoms with Crippen molar-refractivity contribution in [2.24, 2.45) is 11.7 Å². The van der Waals surface area contributed by atoms with Crippen molar-refractivity contribution in [3.63, 3.8) is 0 Å². The lowest BCUT2D eigenvalue weighted by molar-refractivity contribution is -0.146. The lowest BCUT2D eigenvalue weighted by Gasteiger charge is -2.23. The van der Waals surface area contributed by atoms with Crippen molar-refractivity contribution in [3.8, 4) is 0 Å². The van der Waals surface area contributed by atoms with Crippen molar-refractivity contribution in [1.29, 1.82) is 0 Å². The first-order valence-electron chi connectivity index (χ1n) is 6.58. The van der Waals surface area contributed by atoms with Crippen LogP contribution >= 0.6 is 0 Å². The largest absolute Gasteiger partial charge is 0.469 e. The molecule has 20 heavy (non-hydrogen) atoms. The summed E-state index contributed by atoms with van der Waals surface area (Å²) in [4.78, 5) is 25.0. The predicted octanol–water partition coefficient (Wildman–Crippen LogP) is 0.824. The molecule has 2 unspecified atom stereocenters. The molecule has 0 aliphatic heterocycles. The molecule has 0 saturated carbocycles. The van der Waals surface area contributed by atoms with E-state index in [0.717, 1.165) is 5.56 Å². The van der Waals surface area contributed by atoms with Crippen LogP contribution in [0.5, 0.6) is 0 Å². The first-order chi connectivity index (χ1) is 9.45. The highest BCUT2D eigenvalue weighted by molar-refractivity contribution is 5.82. The molecule has 0 fully saturated rings. The zero-order valence-electron chi connectivity index (χ0n) is 12.2. The van der Waals surface area contributed by atoms with E-state index < -0.39 is 6.04 Å². The van der Waals surface area contributed by atoms with Gasteiger partial charge < -0.3 is 15.4 Å². The number of carbonyl (C=O) groups excluding carboxylic acids is 2. The summed E-state index contributed by atoms with van der Waals surface area (Å²) in [5.74, 6) is -0.872. The maximum Gasteiger partial charge on any atom is 0.310 e. The van der Waals surface area contributed by atoms with Gasteiger partial charge in [-0.1, -0.05) is 37.3 Å². The van der Waals surface area contributed by atoms with E-state index in [1.807, 2.05) is 30.3 Å². The molecule has 0 aromatic heterocycles. The summed E-state index contributed by atoms with van der Waals surface area (Å²) in [6.07, 6.45) is 0.483. The fraction of sp³-hybridized carbons (Fsp3) is 0.467. The Morgan fingerprint density at radius 2 is 1.90 bits per heavy atom. The molecule has 1 aromatic rings. The number of esters is 1. The van der Waals surface area contributed by atoms with Crippen LogP contribution in [0.3, 0.4) is 0 Å². The third-order valence-electron chi connectivity index (χ3n) is 3.14. The van der Waals surface area contributed by atoms with E-state index in [-0.39, 0.29) is 17.8 Å². The molecule has 0 radical (unpaired) electrons. The zero-order chi connectivity index (χ0) is 15.1. The van der Waals surface area contributed by atoms with Gasteiger partial charge in [-0.25, -0.2) is 0 Å². The highest BCUT2D eigenvalue weighted by Gasteiger charge is 2.22. The van der Waals surface area contributed by atoms with Gasteiger partial charge in [-0.2, -0.15) is 0 Å². The average Bonchev–Trinajstić information content (AvgIpc) is 2.46. The summed E-state index contributed by atoms with van der Waals surface area (Å²) < 4.78 is 4.64. The minimum atomic E-state index is -0.604. The molecule has 5 nitrogen and oxygen atoms in total. The quantitative estimate of drug-likeness (QED) is 0.782. The topological polar surface area (TPSA) is 72.6 Å². The van der Waals surface area contributed by atoms with Crippen molar-refractivity contribution in [2.45, 2.75) is 19.4 Å². The molecular weight excluding hydrogens is 256 g/mol. The molecule has 2 atom stereocenters. The van der Waals surface area contributed by atoms with Crippen molar-refractivity contribution in [3.05, 3.63) is 35.9 Å². The van der Waals surface area contributed by atoms with Gasteiger partial charge in [-0.3, -0.25) is 9.59 Å². The molecule has 0 aliphatic carbocycles. The number of amides is 1. The first kappa shape index (κ1) is 16.2. The molecular formula is C15H22N2O3. The maximum atomic E-state index is 12.1. The number of benzene rings is 1. The van der Waals surface area contributed by atoms with Gasteiger partial charge in [0, 0.05) is 13.6 Å².